The standard InChI is InChI=1S/C18H15N.C18H14N.4C12H10N.CHF3O3S.2CH4O.2Ir/c2*1-14-12-18(16-10-6-3-7-11-16)19-13-17(14)15-8-4-2-5-9-15;4*1-10-6-5-9-12(13-10)11-7-3-2-4-8-11;2-1(3,4)8(5,6)7;2*1-2;;/h2-13H,1H3;2-10,12-13H,1H3;4*2-7,9H,1H3;(H,5,6,7);2*2H,1H3;;/q;5*-1;;;;2*+3/i;;4*1D3;;;;;. The second kappa shape index (κ2) is 46.2. The van der Waals surface area contributed by atoms with Crippen molar-refractivity contribution in [2.45, 2.75) is 46.8 Å². The summed E-state index contributed by atoms with van der Waals surface area (Å²) in [5.74, 6) is 0. The fourth-order valence-corrected chi connectivity index (χ4v) is 8.97. The molecule has 0 fully saturated rings. The summed E-state index contributed by atoms with van der Waals surface area (Å²) in [7, 11) is -3.84. The van der Waals surface area contributed by atoms with E-state index in [0.717, 1.165) is 59.0 Å². The van der Waals surface area contributed by atoms with Gasteiger partial charge in [-0.3, -0.25) is 9.54 Å². The third-order valence-electron chi connectivity index (χ3n) is 13.7. The van der Waals surface area contributed by atoms with Crippen molar-refractivity contribution >= 4 is 10.1 Å². The molecule has 11 nitrogen and oxygen atoms in total. The number of aliphatic hydroxyl groups excluding tert-OH is 2. The largest absolute Gasteiger partial charge is 3.00 e. The first-order chi connectivity index (χ1) is 54.2. The maximum absolute atomic E-state index is 10.7. The molecule has 17 heteroatoms. The second-order valence-electron chi connectivity index (χ2n) is 20.8. The van der Waals surface area contributed by atoms with Gasteiger partial charge in [0.2, 0.25) is 0 Å². The Labute approximate surface area is 653 Å². The summed E-state index contributed by atoms with van der Waals surface area (Å²) in [4.78, 5) is 25.6. The van der Waals surface area contributed by atoms with E-state index in [1.54, 1.807) is 72.8 Å². The fraction of sp³-hybridized carbons (Fsp3) is 0.103. The predicted octanol–water partition coefficient (Wildman–Crippen LogP) is 20.3. The maximum Gasteiger partial charge on any atom is 3.00 e. The summed E-state index contributed by atoms with van der Waals surface area (Å²) in [6, 6.07) is 108. The number of benzene rings is 8. The normalized spacial score (nSPS) is 12.1. The number of halogens is 3. The zero-order valence-electron chi connectivity index (χ0n) is 68.5. The van der Waals surface area contributed by atoms with Crippen molar-refractivity contribution in [2.75, 3.05) is 14.2 Å². The molecule has 0 radical (unpaired) electrons. The van der Waals surface area contributed by atoms with E-state index in [1.807, 2.05) is 152 Å². The molecular weight excluding hydrogens is 1680 g/mol. The van der Waals surface area contributed by atoms with Crippen LogP contribution in [0.15, 0.2) is 310 Å². The molecule has 14 rings (SSSR count). The Bertz CT molecular complexity index is 4810. The van der Waals surface area contributed by atoms with Crippen LogP contribution >= 0.6 is 0 Å². The van der Waals surface area contributed by atoms with Crippen LogP contribution in [0, 0.1) is 71.6 Å². The van der Waals surface area contributed by atoms with Gasteiger partial charge in [-0.15, -0.1) is 179 Å². The molecule has 104 heavy (non-hydrogen) atoms. The zero-order valence-corrected chi connectivity index (χ0v) is 62.1. The van der Waals surface area contributed by atoms with Crippen molar-refractivity contribution in [1.29, 1.82) is 0 Å². The van der Waals surface area contributed by atoms with Crippen LogP contribution in [-0.4, -0.2) is 72.8 Å². The van der Waals surface area contributed by atoms with Gasteiger partial charge in [-0.2, -0.15) is 21.6 Å². The van der Waals surface area contributed by atoms with E-state index in [9.17, 15) is 13.2 Å². The molecule has 0 saturated heterocycles. The minimum Gasteiger partial charge on any atom is -0.400 e. The third kappa shape index (κ3) is 29.1. The molecule has 0 aliphatic carbocycles. The third-order valence-corrected chi connectivity index (χ3v) is 14.3. The maximum atomic E-state index is 10.7. The van der Waals surface area contributed by atoms with Crippen molar-refractivity contribution in [2.24, 2.45) is 0 Å². The van der Waals surface area contributed by atoms with Crippen molar-refractivity contribution in [3.63, 3.8) is 0 Å². The number of nitrogens with zero attached hydrogens (tertiary/aromatic N) is 6. The summed E-state index contributed by atoms with van der Waals surface area (Å²) < 4.78 is 145. The fourth-order valence-electron chi connectivity index (χ4n) is 8.97. The van der Waals surface area contributed by atoms with Gasteiger partial charge < -0.3 is 35.1 Å². The van der Waals surface area contributed by atoms with E-state index >= 15 is 0 Å². The molecule has 0 unspecified atom stereocenters. The molecular formula is C87H78F3Ir2N6O5S+. The number of aryl methyl sites for hydroxylation is 6. The van der Waals surface area contributed by atoms with Gasteiger partial charge in [-0.1, -0.05) is 146 Å². The van der Waals surface area contributed by atoms with Crippen LogP contribution in [0.4, 0.5) is 13.2 Å². The summed E-state index contributed by atoms with van der Waals surface area (Å²) in [5, 5.41) is 14.0. The molecule has 3 N–H and O–H groups in total. The smallest absolute Gasteiger partial charge is 0.400 e. The number of aliphatic hydroxyl groups is 2. The van der Waals surface area contributed by atoms with Gasteiger partial charge in [0.1, 0.15) is 0 Å². The number of alkyl halides is 3. The molecule has 6 aromatic heterocycles. The van der Waals surface area contributed by atoms with E-state index in [-0.39, 0.29) is 63.0 Å². The number of hydrogen-bond acceptors (Lipinski definition) is 10. The Balaban J connectivity index is 0.000000284. The Morgan fingerprint density at radius 2 is 0.577 bits per heavy atom. The summed E-state index contributed by atoms with van der Waals surface area (Å²) >= 11 is 0. The van der Waals surface area contributed by atoms with Gasteiger partial charge >= 0.3 is 55.8 Å². The molecule has 0 amide bonds. The number of hydrogen-bond donors (Lipinski definition) is 3. The SMILES string of the molecule is CO.CO.Cc1cc(-c2[c-]cccc2)ncc1-c1ccccc1.Cc1cc(-c2ccccc2)ncc1-c1ccccc1.O=S(=O)(O)C(F)(F)F.[2H]C([2H])([2H])c1cccc(-c2[c-]cccc2)n1.[2H]C([2H])([2H])c1cccc(-c2[c-]cccc2)n1.[2H]C([2H])([2H])c1cccc(-c2[c-]cccc2)n1.[2H]C([2H])([2H])c1cccc(-c2[c-]cccc2)n1.[Ir+3].[Ir+3]. The van der Waals surface area contributed by atoms with Crippen molar-refractivity contribution < 1.29 is 93.0 Å². The van der Waals surface area contributed by atoms with Crippen LogP contribution in [0.5, 0.6) is 0 Å². The molecule has 0 bridgehead atoms. The van der Waals surface area contributed by atoms with Crippen molar-refractivity contribution in [3.8, 4) is 89.8 Å². The van der Waals surface area contributed by atoms with E-state index in [4.69, 9.17) is 39.6 Å². The van der Waals surface area contributed by atoms with Crippen molar-refractivity contribution in [1.82, 2.24) is 29.9 Å². The Morgan fingerprint density at radius 3 is 0.817 bits per heavy atom. The summed E-state index contributed by atoms with van der Waals surface area (Å²) in [6.45, 7) is -4.39. The van der Waals surface area contributed by atoms with Gasteiger partial charge in [0, 0.05) is 82.5 Å². The first kappa shape index (κ1) is 68.0. The van der Waals surface area contributed by atoms with Gasteiger partial charge in [-0.25, -0.2) is 0 Å². The first-order valence-electron chi connectivity index (χ1n) is 37.0. The second-order valence-corrected chi connectivity index (χ2v) is 22.2. The average Bonchev–Trinajstić information content (AvgIpc) is 0.839. The molecule has 6 heterocycles. The molecule has 8 aromatic carbocycles. The van der Waals surface area contributed by atoms with Crippen LogP contribution in [0.3, 0.4) is 0 Å². The zero-order chi connectivity index (χ0) is 83.5. The summed E-state index contributed by atoms with van der Waals surface area (Å²) in [6.07, 6.45) is 3.91. The van der Waals surface area contributed by atoms with E-state index in [1.165, 1.54) is 57.6 Å². The molecule has 0 saturated carbocycles. The monoisotopic (exact) mass is 1770 g/mol. The van der Waals surface area contributed by atoms with E-state index in [0.29, 0.717) is 22.8 Å². The topological polar surface area (TPSA) is 172 Å². The van der Waals surface area contributed by atoms with Crippen LogP contribution < -0.4 is 0 Å². The average molecular weight is 1770 g/mol. The first-order valence-corrected chi connectivity index (χ1v) is 32.5. The minimum atomic E-state index is -5.84. The Hall–Kier alpha value is -10.4. The van der Waals surface area contributed by atoms with Gasteiger partial charge in [0.15, 0.2) is 0 Å². The predicted molar refractivity (Wildman–Crippen MR) is 405 cm³/mol. The molecule has 0 atom stereocenters. The Morgan fingerprint density at radius 1 is 0.337 bits per heavy atom. The van der Waals surface area contributed by atoms with Gasteiger partial charge in [0.05, 0.1) is 5.69 Å². The van der Waals surface area contributed by atoms with Crippen molar-refractivity contribution in [3.05, 3.63) is 374 Å². The van der Waals surface area contributed by atoms with E-state index < -0.39 is 43.0 Å². The molecule has 0 aliphatic rings. The molecule has 530 valence electrons. The molecule has 14 aromatic rings. The number of rotatable bonds is 8. The van der Waals surface area contributed by atoms with Gasteiger partial charge in [-0.05, 0) is 122 Å². The van der Waals surface area contributed by atoms with E-state index in [2.05, 4.69) is 135 Å². The van der Waals surface area contributed by atoms with Gasteiger partial charge in [0.25, 0.3) is 0 Å². The minimum absolute atomic E-state index is 0. The number of pyridine rings is 6. The molecule has 0 spiro atoms. The van der Waals surface area contributed by atoms with Crippen LogP contribution in [0.2, 0.25) is 0 Å². The summed E-state index contributed by atoms with van der Waals surface area (Å²) in [5.41, 5.74) is 12.1. The number of aromatic nitrogens is 6. The Kier molecular flexibility index (Phi) is 30.2. The molecule has 0 aliphatic heterocycles. The van der Waals surface area contributed by atoms with Crippen LogP contribution in [0.1, 0.15) is 50.4 Å². The quantitative estimate of drug-likeness (QED) is 0.0751. The van der Waals surface area contributed by atoms with Crippen LogP contribution in [0.25, 0.3) is 89.8 Å². The van der Waals surface area contributed by atoms with Crippen LogP contribution in [-0.2, 0) is 50.3 Å².